The second kappa shape index (κ2) is 25.0. The largest absolute Gasteiger partial charge is 0.0776 e. The van der Waals surface area contributed by atoms with Gasteiger partial charge in [-0.25, -0.2) is 0 Å². The Kier molecular flexibility index (Phi) is 37.9. The zero-order valence-corrected chi connectivity index (χ0v) is 13.4. The summed E-state index contributed by atoms with van der Waals surface area (Å²) in [4.78, 5) is 0. The summed E-state index contributed by atoms with van der Waals surface area (Å²) in [6.07, 6.45) is 8.46. The number of rotatable bonds is 7. The van der Waals surface area contributed by atoms with Gasteiger partial charge in [-0.1, -0.05) is 101 Å². The molecule has 0 heterocycles. The summed E-state index contributed by atoms with van der Waals surface area (Å²) in [6.45, 7) is 17.3. The Bertz CT molecular complexity index is 76.0. The van der Waals surface area contributed by atoms with E-state index >= 15 is 0 Å². The van der Waals surface area contributed by atoms with Crippen LogP contribution in [0, 0.1) is 11.8 Å². The Morgan fingerprint density at radius 3 is 1.18 bits per heavy atom. The average Bonchev–Trinajstić information content (AvgIpc) is 2.34. The second-order valence-corrected chi connectivity index (χ2v) is 4.29. The van der Waals surface area contributed by atoms with Crippen molar-refractivity contribution in [3.8, 4) is 0 Å². The van der Waals surface area contributed by atoms with Crippen LogP contribution in [0.25, 0.3) is 0 Å². The summed E-state index contributed by atoms with van der Waals surface area (Å²) in [7, 11) is 0. The number of hydrogen-bond donors (Lipinski definition) is 0. The van der Waals surface area contributed by atoms with E-state index in [0.29, 0.717) is 0 Å². The molecule has 0 bridgehead atoms. The molecule has 0 radical (unpaired) electrons. The van der Waals surface area contributed by atoms with E-state index in [1.54, 1.807) is 0 Å². The lowest BCUT2D eigenvalue weighted by Crippen LogP contribution is -2.08. The standard InChI is InChI=1S/C12H26.2C2H6.CH4/c1-5-7-9-12(11(3)4)10-8-6-2;2*1-2;/h11-12H,5-10H2,1-4H3;2*1-2H3;1H4. The summed E-state index contributed by atoms with van der Waals surface area (Å²) in [5.74, 6) is 1.88. The normalized spacial score (nSPS) is 8.82. The van der Waals surface area contributed by atoms with Gasteiger partial charge in [-0.2, -0.15) is 0 Å². The van der Waals surface area contributed by atoms with Crippen molar-refractivity contribution in [3.05, 3.63) is 0 Å². The maximum atomic E-state index is 2.37. The van der Waals surface area contributed by atoms with E-state index in [4.69, 9.17) is 0 Å². The third-order valence-electron chi connectivity index (χ3n) is 2.80. The molecule has 0 unspecified atom stereocenters. The Hall–Kier alpha value is 0. The van der Waals surface area contributed by atoms with Crippen LogP contribution in [0.5, 0.6) is 0 Å². The van der Waals surface area contributed by atoms with Gasteiger partial charge in [0.05, 0.1) is 0 Å². The fourth-order valence-electron chi connectivity index (χ4n) is 1.74. The summed E-state index contributed by atoms with van der Waals surface area (Å²) < 4.78 is 0. The summed E-state index contributed by atoms with van der Waals surface area (Å²) >= 11 is 0. The third-order valence-corrected chi connectivity index (χ3v) is 2.80. The van der Waals surface area contributed by atoms with E-state index in [-0.39, 0.29) is 7.43 Å². The molecule has 0 aliphatic rings. The Morgan fingerprint density at radius 1 is 0.706 bits per heavy atom. The minimum atomic E-state index is 0. The minimum Gasteiger partial charge on any atom is -0.0776 e. The predicted octanol–water partition coefficient (Wildman–Crippen LogP) is 7.33. The molecule has 0 atom stereocenters. The van der Waals surface area contributed by atoms with E-state index in [0.717, 1.165) is 11.8 Å². The molecule has 0 spiro atoms. The molecule has 0 nitrogen and oxygen atoms in total. The molecule has 0 fully saturated rings. The maximum absolute atomic E-state index is 2.37. The molecular weight excluding hydrogens is 204 g/mol. The number of hydrogen-bond acceptors (Lipinski definition) is 0. The molecule has 110 valence electrons. The van der Waals surface area contributed by atoms with Crippen LogP contribution in [-0.2, 0) is 0 Å². The molecule has 0 aliphatic heterocycles. The predicted molar refractivity (Wildman–Crippen MR) is 86.8 cm³/mol. The van der Waals surface area contributed by atoms with Crippen LogP contribution in [0.1, 0.15) is 101 Å². The first-order valence-electron chi connectivity index (χ1n) is 7.72. The first kappa shape index (κ1) is 25.8. The van der Waals surface area contributed by atoms with Gasteiger partial charge in [0.25, 0.3) is 0 Å². The van der Waals surface area contributed by atoms with Crippen molar-refractivity contribution in [2.45, 2.75) is 101 Å². The SMILES string of the molecule is C.CC.CC.CCCCC(CCCC)C(C)C. The highest BCUT2D eigenvalue weighted by atomic mass is 14.2. The molecule has 0 aromatic heterocycles. The molecular formula is C17H42. The van der Waals surface area contributed by atoms with Crippen LogP contribution in [0.4, 0.5) is 0 Å². The van der Waals surface area contributed by atoms with E-state index in [9.17, 15) is 0 Å². The van der Waals surface area contributed by atoms with Crippen LogP contribution in [0.2, 0.25) is 0 Å². The first-order valence-corrected chi connectivity index (χ1v) is 7.72. The van der Waals surface area contributed by atoms with Crippen molar-refractivity contribution in [3.63, 3.8) is 0 Å². The summed E-state index contributed by atoms with van der Waals surface area (Å²) in [6, 6.07) is 0. The Labute approximate surface area is 114 Å². The van der Waals surface area contributed by atoms with Gasteiger partial charge < -0.3 is 0 Å². The molecule has 0 aliphatic carbocycles. The highest BCUT2D eigenvalue weighted by molar-refractivity contribution is 4.62. The van der Waals surface area contributed by atoms with Crippen molar-refractivity contribution < 1.29 is 0 Å². The Morgan fingerprint density at radius 2 is 1.00 bits per heavy atom. The van der Waals surface area contributed by atoms with Gasteiger partial charge in [-0.05, 0) is 11.8 Å². The molecule has 0 aromatic rings. The van der Waals surface area contributed by atoms with Gasteiger partial charge in [-0.15, -0.1) is 0 Å². The molecule has 0 N–H and O–H groups in total. The van der Waals surface area contributed by atoms with Crippen molar-refractivity contribution in [1.29, 1.82) is 0 Å². The molecule has 0 aromatic carbocycles. The molecule has 17 heavy (non-hydrogen) atoms. The smallest absolute Gasteiger partial charge is 0.0391 e. The molecule has 0 saturated carbocycles. The first-order chi connectivity index (χ1) is 7.72. The molecule has 0 heteroatoms. The Balaban J connectivity index is -0.000000152. The van der Waals surface area contributed by atoms with Gasteiger partial charge in [0.15, 0.2) is 0 Å². The van der Waals surface area contributed by atoms with Crippen molar-refractivity contribution >= 4 is 0 Å². The monoisotopic (exact) mass is 246 g/mol. The van der Waals surface area contributed by atoms with Gasteiger partial charge in [0.1, 0.15) is 0 Å². The second-order valence-electron chi connectivity index (χ2n) is 4.29. The van der Waals surface area contributed by atoms with E-state index in [2.05, 4.69) is 27.7 Å². The van der Waals surface area contributed by atoms with Crippen molar-refractivity contribution in [2.75, 3.05) is 0 Å². The van der Waals surface area contributed by atoms with Crippen LogP contribution in [-0.4, -0.2) is 0 Å². The maximum Gasteiger partial charge on any atom is -0.0391 e. The van der Waals surface area contributed by atoms with E-state index in [1.165, 1.54) is 38.5 Å². The third kappa shape index (κ3) is 21.8. The van der Waals surface area contributed by atoms with Crippen molar-refractivity contribution in [1.82, 2.24) is 0 Å². The quantitative estimate of drug-likeness (QED) is 0.441. The molecule has 0 rings (SSSR count). The minimum absolute atomic E-state index is 0. The lowest BCUT2D eigenvalue weighted by molar-refractivity contribution is 0.320. The highest BCUT2D eigenvalue weighted by Gasteiger charge is 2.11. The van der Waals surface area contributed by atoms with Crippen LogP contribution in [0.3, 0.4) is 0 Å². The highest BCUT2D eigenvalue weighted by Crippen LogP contribution is 2.23. The fourth-order valence-corrected chi connectivity index (χ4v) is 1.74. The van der Waals surface area contributed by atoms with Gasteiger partial charge in [-0.3, -0.25) is 0 Å². The molecule has 0 amide bonds. The van der Waals surface area contributed by atoms with Crippen molar-refractivity contribution in [2.24, 2.45) is 11.8 Å². The average molecular weight is 247 g/mol. The lowest BCUT2D eigenvalue weighted by Gasteiger charge is -2.20. The van der Waals surface area contributed by atoms with Crippen LogP contribution >= 0.6 is 0 Å². The van der Waals surface area contributed by atoms with Crippen LogP contribution < -0.4 is 0 Å². The number of unbranched alkanes of at least 4 members (excludes halogenated alkanes) is 2. The zero-order valence-electron chi connectivity index (χ0n) is 13.4. The van der Waals surface area contributed by atoms with Gasteiger partial charge >= 0.3 is 0 Å². The summed E-state index contributed by atoms with van der Waals surface area (Å²) in [5, 5.41) is 0. The van der Waals surface area contributed by atoms with Gasteiger partial charge in [0.2, 0.25) is 0 Å². The fraction of sp³-hybridized carbons (Fsp3) is 1.00. The van der Waals surface area contributed by atoms with Gasteiger partial charge in [0, 0.05) is 0 Å². The topological polar surface area (TPSA) is 0 Å². The van der Waals surface area contributed by atoms with E-state index < -0.39 is 0 Å². The van der Waals surface area contributed by atoms with Crippen LogP contribution in [0.15, 0.2) is 0 Å². The lowest BCUT2D eigenvalue weighted by atomic mass is 9.86. The zero-order chi connectivity index (χ0) is 13.4. The molecule has 0 saturated heterocycles. The van der Waals surface area contributed by atoms with E-state index in [1.807, 2.05) is 27.7 Å². The summed E-state index contributed by atoms with van der Waals surface area (Å²) in [5.41, 5.74) is 0.